The normalized spacial score (nSPS) is 18.5. The first-order valence-corrected chi connectivity index (χ1v) is 13.6. The van der Waals surface area contributed by atoms with Crippen LogP contribution in [0.1, 0.15) is 63.2 Å². The quantitative estimate of drug-likeness (QED) is 0.326. The maximum Gasteiger partial charge on any atom is 0.227 e. The summed E-state index contributed by atoms with van der Waals surface area (Å²) in [6.07, 6.45) is 12.4. The van der Waals surface area contributed by atoms with Gasteiger partial charge in [0, 0.05) is 29.1 Å². The summed E-state index contributed by atoms with van der Waals surface area (Å²) in [6, 6.07) is 5.93. The van der Waals surface area contributed by atoms with E-state index in [0.717, 1.165) is 66.6 Å². The van der Waals surface area contributed by atoms with Gasteiger partial charge in [0.05, 0.1) is 17.4 Å². The Hall–Kier alpha value is -3.26. The maximum atomic E-state index is 15.4. The first-order chi connectivity index (χ1) is 18.0. The molecule has 8 heteroatoms. The van der Waals surface area contributed by atoms with Crippen molar-refractivity contribution in [2.75, 3.05) is 25.5 Å². The number of nitrogens with one attached hydrogen (secondary N) is 2. The van der Waals surface area contributed by atoms with Crippen LogP contribution in [0.2, 0.25) is 0 Å². The van der Waals surface area contributed by atoms with Gasteiger partial charge in [0.25, 0.3) is 0 Å². The average Bonchev–Trinajstić information content (AvgIpc) is 3.34. The lowest BCUT2D eigenvalue weighted by Gasteiger charge is -2.28. The number of carbonyl (C=O) groups excluding carboxylic acids is 1. The summed E-state index contributed by atoms with van der Waals surface area (Å²) in [6.45, 7) is 3.85. The van der Waals surface area contributed by atoms with Gasteiger partial charge in [0.1, 0.15) is 17.0 Å². The molecule has 1 saturated carbocycles. The van der Waals surface area contributed by atoms with Crippen LogP contribution in [-0.4, -0.2) is 50.5 Å². The number of aromatic nitrogens is 4. The molecule has 1 amide bonds. The van der Waals surface area contributed by atoms with Crippen molar-refractivity contribution >= 4 is 33.7 Å². The number of hydrogen-bond donors (Lipinski definition) is 2. The Kier molecular flexibility index (Phi) is 6.44. The fraction of sp³-hybridized carbons (Fsp3) is 0.483. The zero-order valence-electron chi connectivity index (χ0n) is 21.7. The molecule has 6 rings (SSSR count). The summed E-state index contributed by atoms with van der Waals surface area (Å²) in [5.41, 5.74) is 4.32. The number of aromatic amines is 1. The Morgan fingerprint density at radius 1 is 1.08 bits per heavy atom. The first-order valence-electron chi connectivity index (χ1n) is 13.6. The number of imidazole rings is 1. The summed E-state index contributed by atoms with van der Waals surface area (Å²) in [4.78, 5) is 27.5. The number of benzene rings is 1. The molecular formula is C29H35FN6O. The number of pyridine rings is 1. The van der Waals surface area contributed by atoms with E-state index in [9.17, 15) is 4.79 Å². The standard InChI is InChI=1S/C29H35FN6O/c1-18-33-27-25(30)13-20(14-26(27)36(18)22-7-5-3-4-6-8-22)24-17-32-28-23(24)15-21(16-31-28)34-29(37)19-9-11-35(2)12-10-19/h13-17,19,22H,3-12H2,1-2H3,(H,31,32)(H,34,37). The third kappa shape index (κ3) is 4.63. The number of H-pyrrole nitrogens is 1. The van der Waals surface area contributed by atoms with Gasteiger partial charge in [-0.25, -0.2) is 14.4 Å². The number of piperidine rings is 1. The van der Waals surface area contributed by atoms with Gasteiger partial charge in [0.15, 0.2) is 5.82 Å². The number of aryl methyl sites for hydroxylation is 1. The fourth-order valence-electron chi connectivity index (χ4n) is 6.23. The molecule has 1 saturated heterocycles. The van der Waals surface area contributed by atoms with Crippen molar-refractivity contribution in [2.24, 2.45) is 5.92 Å². The van der Waals surface area contributed by atoms with Crippen LogP contribution < -0.4 is 5.32 Å². The van der Waals surface area contributed by atoms with Crippen molar-refractivity contribution < 1.29 is 9.18 Å². The van der Waals surface area contributed by atoms with E-state index < -0.39 is 0 Å². The molecule has 37 heavy (non-hydrogen) atoms. The molecule has 0 bridgehead atoms. The van der Waals surface area contributed by atoms with E-state index in [4.69, 9.17) is 0 Å². The Labute approximate surface area is 216 Å². The number of fused-ring (bicyclic) bond motifs is 2. The zero-order valence-corrected chi connectivity index (χ0v) is 21.7. The minimum absolute atomic E-state index is 0.0154. The molecule has 2 aliphatic rings. The summed E-state index contributed by atoms with van der Waals surface area (Å²) < 4.78 is 17.7. The van der Waals surface area contributed by atoms with Crippen molar-refractivity contribution in [1.29, 1.82) is 0 Å². The molecule has 1 aliphatic carbocycles. The summed E-state index contributed by atoms with van der Waals surface area (Å²) in [5.74, 6) is 0.623. The second-order valence-corrected chi connectivity index (χ2v) is 10.9. The lowest BCUT2D eigenvalue weighted by molar-refractivity contribution is -0.121. The Balaban J connectivity index is 1.35. The molecule has 0 radical (unpaired) electrons. The van der Waals surface area contributed by atoms with Crippen LogP contribution in [-0.2, 0) is 4.79 Å². The summed E-state index contributed by atoms with van der Waals surface area (Å²) >= 11 is 0. The third-order valence-electron chi connectivity index (χ3n) is 8.31. The van der Waals surface area contributed by atoms with Crippen LogP contribution in [0.4, 0.5) is 10.1 Å². The topological polar surface area (TPSA) is 78.8 Å². The molecule has 0 atom stereocenters. The smallest absolute Gasteiger partial charge is 0.227 e. The van der Waals surface area contributed by atoms with Crippen LogP contribution in [0.5, 0.6) is 0 Å². The second-order valence-electron chi connectivity index (χ2n) is 10.9. The molecule has 1 aromatic carbocycles. The van der Waals surface area contributed by atoms with Gasteiger partial charge in [-0.1, -0.05) is 25.7 Å². The zero-order chi connectivity index (χ0) is 25.5. The molecule has 0 spiro atoms. The SMILES string of the molecule is Cc1nc2c(F)cc(-c3c[nH]c4ncc(NC(=O)C5CCN(C)CC5)cc34)cc2n1C1CCCCCC1. The number of halogens is 1. The predicted octanol–water partition coefficient (Wildman–Crippen LogP) is 6.20. The van der Waals surface area contributed by atoms with Crippen molar-refractivity contribution in [3.63, 3.8) is 0 Å². The highest BCUT2D eigenvalue weighted by atomic mass is 19.1. The van der Waals surface area contributed by atoms with Crippen LogP contribution in [0.3, 0.4) is 0 Å². The molecule has 7 nitrogen and oxygen atoms in total. The number of rotatable bonds is 4. The van der Waals surface area contributed by atoms with E-state index in [1.165, 1.54) is 25.7 Å². The highest BCUT2D eigenvalue weighted by Crippen LogP contribution is 2.36. The number of anilines is 1. The van der Waals surface area contributed by atoms with Gasteiger partial charge < -0.3 is 19.8 Å². The Bertz CT molecular complexity index is 1440. The van der Waals surface area contributed by atoms with E-state index in [1.54, 1.807) is 12.3 Å². The van der Waals surface area contributed by atoms with E-state index >= 15 is 4.39 Å². The third-order valence-corrected chi connectivity index (χ3v) is 8.31. The number of nitrogens with zero attached hydrogens (tertiary/aromatic N) is 4. The van der Waals surface area contributed by atoms with Crippen molar-refractivity contribution in [3.05, 3.63) is 42.2 Å². The minimum atomic E-state index is -0.308. The molecule has 2 N–H and O–H groups in total. The number of likely N-dealkylation sites (tertiary alicyclic amines) is 1. The van der Waals surface area contributed by atoms with Crippen molar-refractivity contribution in [3.8, 4) is 11.1 Å². The molecule has 2 fully saturated rings. The highest BCUT2D eigenvalue weighted by molar-refractivity contribution is 6.00. The van der Waals surface area contributed by atoms with E-state index in [-0.39, 0.29) is 17.6 Å². The second kappa shape index (κ2) is 9.89. The predicted molar refractivity (Wildman–Crippen MR) is 145 cm³/mol. The monoisotopic (exact) mass is 502 g/mol. The van der Waals surface area contributed by atoms with E-state index in [1.807, 2.05) is 19.2 Å². The molecule has 4 aromatic rings. The Morgan fingerprint density at radius 2 is 1.84 bits per heavy atom. The number of amides is 1. The average molecular weight is 503 g/mol. The van der Waals surface area contributed by atoms with E-state index in [0.29, 0.717) is 22.9 Å². The van der Waals surface area contributed by atoms with Gasteiger partial charge in [0.2, 0.25) is 5.91 Å². The van der Waals surface area contributed by atoms with Gasteiger partial charge in [-0.2, -0.15) is 0 Å². The first kappa shape index (κ1) is 24.1. The number of carbonyl (C=O) groups is 1. The maximum absolute atomic E-state index is 15.4. The molecule has 0 unspecified atom stereocenters. The minimum Gasteiger partial charge on any atom is -0.346 e. The molecular weight excluding hydrogens is 467 g/mol. The largest absolute Gasteiger partial charge is 0.346 e. The molecule has 1 aliphatic heterocycles. The van der Waals surface area contributed by atoms with Crippen LogP contribution in [0.15, 0.2) is 30.6 Å². The lowest BCUT2D eigenvalue weighted by atomic mass is 9.96. The Morgan fingerprint density at radius 3 is 2.59 bits per heavy atom. The van der Waals surface area contributed by atoms with Crippen molar-refractivity contribution in [2.45, 2.75) is 64.3 Å². The molecule has 194 valence electrons. The van der Waals surface area contributed by atoms with Crippen molar-refractivity contribution in [1.82, 2.24) is 24.4 Å². The van der Waals surface area contributed by atoms with Gasteiger partial charge in [-0.3, -0.25) is 4.79 Å². The highest BCUT2D eigenvalue weighted by Gasteiger charge is 2.24. The fourth-order valence-corrected chi connectivity index (χ4v) is 6.23. The lowest BCUT2D eigenvalue weighted by Crippen LogP contribution is -2.35. The van der Waals surface area contributed by atoms with Crippen LogP contribution in [0, 0.1) is 18.7 Å². The van der Waals surface area contributed by atoms with Crippen LogP contribution in [0.25, 0.3) is 33.2 Å². The molecule has 4 heterocycles. The molecule has 3 aromatic heterocycles. The number of hydrogen-bond acceptors (Lipinski definition) is 4. The summed E-state index contributed by atoms with van der Waals surface area (Å²) in [7, 11) is 2.09. The summed E-state index contributed by atoms with van der Waals surface area (Å²) in [5, 5.41) is 3.93. The van der Waals surface area contributed by atoms with Gasteiger partial charge >= 0.3 is 0 Å². The van der Waals surface area contributed by atoms with Crippen LogP contribution >= 0.6 is 0 Å². The van der Waals surface area contributed by atoms with Gasteiger partial charge in [-0.05, 0) is 76.5 Å². The van der Waals surface area contributed by atoms with E-state index in [2.05, 4.69) is 42.8 Å². The van der Waals surface area contributed by atoms with Gasteiger partial charge in [-0.15, -0.1) is 0 Å².